The highest BCUT2D eigenvalue weighted by atomic mass is 16.5. The van der Waals surface area contributed by atoms with Crippen LogP contribution >= 0.6 is 0 Å². The van der Waals surface area contributed by atoms with E-state index in [0.29, 0.717) is 23.6 Å². The minimum Gasteiger partial charge on any atom is -0.493 e. The molecule has 35 heavy (non-hydrogen) atoms. The maximum Gasteiger partial charge on any atom is 0.325 e. The highest BCUT2D eigenvalue weighted by Crippen LogP contribution is 2.31. The highest BCUT2D eigenvalue weighted by molar-refractivity contribution is 6.10. The third-order valence-corrected chi connectivity index (χ3v) is 5.56. The summed E-state index contributed by atoms with van der Waals surface area (Å²) < 4.78 is 12.7. The summed E-state index contributed by atoms with van der Waals surface area (Å²) in [5, 5.41) is 7.39. The lowest BCUT2D eigenvalue weighted by molar-refractivity contribution is -0.146. The minimum absolute atomic E-state index is 0.319. The molecule has 0 aliphatic heterocycles. The van der Waals surface area contributed by atoms with E-state index >= 15 is 0 Å². The molecule has 8 heteroatoms. The first-order chi connectivity index (χ1) is 17.0. The molecule has 0 aliphatic rings. The number of hydrogen-bond donors (Lipinski definition) is 2. The van der Waals surface area contributed by atoms with E-state index in [9.17, 15) is 14.4 Å². The Morgan fingerprint density at radius 2 is 1.63 bits per heavy atom. The van der Waals surface area contributed by atoms with Gasteiger partial charge in [-0.3, -0.25) is 14.4 Å². The van der Waals surface area contributed by atoms with E-state index in [1.165, 1.54) is 0 Å². The molecule has 0 saturated carbocycles. The number of rotatable bonds is 9. The van der Waals surface area contributed by atoms with Gasteiger partial charge >= 0.3 is 5.97 Å². The van der Waals surface area contributed by atoms with Crippen molar-refractivity contribution in [1.82, 2.24) is 9.88 Å². The molecule has 4 aromatic rings. The number of carbonyl (C=O) groups excluding carboxylic acids is 3. The standard InChI is InChI=1S/C27H27N3O5/c1-3-30-22-11-7-5-9-19(22)21-15-18(13-14-23(21)30)29-25(31)17-35-26(32)16-28-27(33)20-10-6-8-12-24(20)34-4-2/h5-15H,3-4,16-17H2,1-2H3,(H,28,33)(H,29,31). The van der Waals surface area contributed by atoms with Crippen LogP contribution in [-0.2, 0) is 20.9 Å². The van der Waals surface area contributed by atoms with Crippen LogP contribution in [0.25, 0.3) is 21.8 Å². The average Bonchev–Trinajstić information content (AvgIpc) is 3.19. The summed E-state index contributed by atoms with van der Waals surface area (Å²) in [6.45, 7) is 4.33. The van der Waals surface area contributed by atoms with E-state index in [4.69, 9.17) is 9.47 Å². The topological polar surface area (TPSA) is 98.7 Å². The first kappa shape index (κ1) is 23.8. The number of aryl methyl sites for hydroxylation is 1. The molecule has 0 unspecified atom stereocenters. The third kappa shape index (κ3) is 5.27. The van der Waals surface area contributed by atoms with Gasteiger partial charge in [0.25, 0.3) is 11.8 Å². The average molecular weight is 474 g/mol. The summed E-state index contributed by atoms with van der Waals surface area (Å²) >= 11 is 0. The van der Waals surface area contributed by atoms with E-state index in [1.54, 1.807) is 24.3 Å². The van der Waals surface area contributed by atoms with Crippen molar-refractivity contribution in [2.24, 2.45) is 0 Å². The predicted molar refractivity (Wildman–Crippen MR) is 135 cm³/mol. The Balaban J connectivity index is 1.32. The van der Waals surface area contributed by atoms with Crippen molar-refractivity contribution in [3.8, 4) is 5.75 Å². The number of amides is 2. The zero-order valence-electron chi connectivity index (χ0n) is 19.7. The molecule has 8 nitrogen and oxygen atoms in total. The van der Waals surface area contributed by atoms with Crippen LogP contribution in [0.15, 0.2) is 66.7 Å². The lowest BCUT2D eigenvalue weighted by atomic mass is 10.1. The molecule has 3 aromatic carbocycles. The van der Waals surface area contributed by atoms with Crippen LogP contribution in [0, 0.1) is 0 Å². The Hall–Kier alpha value is -4.33. The molecule has 0 aliphatic carbocycles. The molecule has 0 saturated heterocycles. The second-order valence-corrected chi connectivity index (χ2v) is 7.81. The van der Waals surface area contributed by atoms with E-state index in [-0.39, 0.29) is 6.54 Å². The zero-order valence-corrected chi connectivity index (χ0v) is 19.7. The number of anilines is 1. The Morgan fingerprint density at radius 3 is 2.43 bits per heavy atom. The fourth-order valence-corrected chi connectivity index (χ4v) is 4.05. The van der Waals surface area contributed by atoms with Gasteiger partial charge in [-0.15, -0.1) is 0 Å². The van der Waals surface area contributed by atoms with Gasteiger partial charge in [-0.2, -0.15) is 0 Å². The number of nitrogens with zero attached hydrogens (tertiary/aromatic N) is 1. The molecule has 0 bridgehead atoms. The van der Waals surface area contributed by atoms with E-state index < -0.39 is 24.4 Å². The van der Waals surface area contributed by atoms with Gasteiger partial charge < -0.3 is 24.7 Å². The largest absolute Gasteiger partial charge is 0.493 e. The Kier molecular flexibility index (Phi) is 7.30. The molecule has 0 radical (unpaired) electrons. The number of aromatic nitrogens is 1. The molecule has 0 atom stereocenters. The van der Waals surface area contributed by atoms with Crippen molar-refractivity contribution in [2.75, 3.05) is 25.1 Å². The molecule has 1 aromatic heterocycles. The highest BCUT2D eigenvalue weighted by Gasteiger charge is 2.15. The number of nitrogens with one attached hydrogen (secondary N) is 2. The number of carbonyl (C=O) groups is 3. The molecular formula is C27H27N3O5. The summed E-state index contributed by atoms with van der Waals surface area (Å²) in [4.78, 5) is 36.8. The van der Waals surface area contributed by atoms with Gasteiger partial charge in [-0.25, -0.2) is 0 Å². The van der Waals surface area contributed by atoms with Crippen LogP contribution < -0.4 is 15.4 Å². The van der Waals surface area contributed by atoms with E-state index in [0.717, 1.165) is 28.4 Å². The maximum absolute atomic E-state index is 12.4. The normalized spacial score (nSPS) is 10.8. The van der Waals surface area contributed by atoms with Crippen molar-refractivity contribution < 1.29 is 23.9 Å². The molecule has 4 rings (SSSR count). The fourth-order valence-electron chi connectivity index (χ4n) is 4.05. The SMILES string of the molecule is CCOc1ccccc1C(=O)NCC(=O)OCC(=O)Nc1ccc2c(c1)c1ccccc1n2CC. The van der Waals surface area contributed by atoms with Gasteiger partial charge in [0.15, 0.2) is 6.61 Å². The maximum atomic E-state index is 12.4. The van der Waals surface area contributed by atoms with E-state index in [1.807, 2.05) is 37.3 Å². The number of esters is 1. The van der Waals surface area contributed by atoms with Crippen LogP contribution in [0.5, 0.6) is 5.75 Å². The zero-order chi connectivity index (χ0) is 24.8. The van der Waals surface area contributed by atoms with Gasteiger partial charge in [0.05, 0.1) is 12.2 Å². The lowest BCUT2D eigenvalue weighted by Crippen LogP contribution is -2.32. The Morgan fingerprint density at radius 1 is 0.886 bits per heavy atom. The number of hydrogen-bond acceptors (Lipinski definition) is 5. The first-order valence-corrected chi connectivity index (χ1v) is 11.5. The monoisotopic (exact) mass is 473 g/mol. The Labute approximate surface area is 202 Å². The minimum atomic E-state index is -0.719. The van der Waals surface area contributed by atoms with Crippen molar-refractivity contribution in [3.05, 3.63) is 72.3 Å². The summed E-state index contributed by atoms with van der Waals surface area (Å²) in [6.07, 6.45) is 0. The molecule has 2 amide bonds. The van der Waals surface area contributed by atoms with Crippen LogP contribution in [0.1, 0.15) is 24.2 Å². The van der Waals surface area contributed by atoms with Crippen LogP contribution in [-0.4, -0.2) is 42.1 Å². The Bertz CT molecular complexity index is 1390. The summed E-state index contributed by atoms with van der Waals surface area (Å²) in [5.41, 5.74) is 3.14. The lowest BCUT2D eigenvalue weighted by Gasteiger charge is -2.10. The smallest absolute Gasteiger partial charge is 0.325 e. The molecular weight excluding hydrogens is 446 g/mol. The van der Waals surface area contributed by atoms with Crippen LogP contribution in [0.2, 0.25) is 0 Å². The van der Waals surface area contributed by atoms with Gasteiger partial charge in [-0.05, 0) is 50.2 Å². The number of para-hydroxylation sites is 2. The van der Waals surface area contributed by atoms with Crippen LogP contribution in [0.4, 0.5) is 5.69 Å². The number of benzene rings is 3. The van der Waals surface area contributed by atoms with Crippen molar-refractivity contribution in [1.29, 1.82) is 0 Å². The summed E-state index contributed by atoms with van der Waals surface area (Å²) in [5.74, 6) is -1.22. The second-order valence-electron chi connectivity index (χ2n) is 7.81. The quantitative estimate of drug-likeness (QED) is 0.356. The first-order valence-electron chi connectivity index (χ1n) is 11.5. The van der Waals surface area contributed by atoms with Gasteiger partial charge in [0.2, 0.25) is 0 Å². The molecule has 180 valence electrons. The summed E-state index contributed by atoms with van der Waals surface area (Å²) in [6, 6.07) is 20.6. The molecule has 0 spiro atoms. The van der Waals surface area contributed by atoms with Crippen molar-refractivity contribution in [3.63, 3.8) is 0 Å². The second kappa shape index (κ2) is 10.7. The number of fused-ring (bicyclic) bond motifs is 3. The fraction of sp³-hybridized carbons (Fsp3) is 0.222. The van der Waals surface area contributed by atoms with Crippen LogP contribution in [0.3, 0.4) is 0 Å². The van der Waals surface area contributed by atoms with Crippen molar-refractivity contribution >= 4 is 45.3 Å². The van der Waals surface area contributed by atoms with Crippen molar-refractivity contribution in [2.45, 2.75) is 20.4 Å². The van der Waals surface area contributed by atoms with Gasteiger partial charge in [0, 0.05) is 34.0 Å². The molecule has 0 fully saturated rings. The van der Waals surface area contributed by atoms with Gasteiger partial charge in [-0.1, -0.05) is 30.3 Å². The number of ether oxygens (including phenoxy) is 2. The third-order valence-electron chi connectivity index (χ3n) is 5.56. The van der Waals surface area contributed by atoms with Gasteiger partial charge in [0.1, 0.15) is 12.3 Å². The predicted octanol–water partition coefficient (Wildman–Crippen LogP) is 4.12. The van der Waals surface area contributed by atoms with E-state index in [2.05, 4.69) is 34.3 Å². The molecule has 2 N–H and O–H groups in total. The molecule has 1 heterocycles. The summed E-state index contributed by atoms with van der Waals surface area (Å²) in [7, 11) is 0.